The lowest BCUT2D eigenvalue weighted by molar-refractivity contribution is 0.0508. The van der Waals surface area contributed by atoms with E-state index in [1.54, 1.807) is 13.0 Å². The number of allylic oxidation sites excluding steroid dienone is 1. The summed E-state index contributed by atoms with van der Waals surface area (Å²) in [5.74, 6) is 0.0880. The molecular formula is C21H29NO4. The van der Waals surface area contributed by atoms with Crippen molar-refractivity contribution in [1.82, 2.24) is 5.32 Å². The molecule has 0 saturated heterocycles. The fourth-order valence-electron chi connectivity index (χ4n) is 3.34. The number of benzene rings is 1. The number of hydrogen-bond acceptors (Lipinski definition) is 4. The maximum atomic E-state index is 11.9. The van der Waals surface area contributed by atoms with Gasteiger partial charge in [-0.25, -0.2) is 9.59 Å². The van der Waals surface area contributed by atoms with Gasteiger partial charge in [-0.15, -0.1) is 6.58 Å². The van der Waals surface area contributed by atoms with E-state index in [2.05, 4.69) is 11.9 Å². The Hall–Kier alpha value is -2.30. The average Bonchev–Trinajstić information content (AvgIpc) is 2.57. The van der Waals surface area contributed by atoms with Crippen molar-refractivity contribution in [3.05, 3.63) is 47.5 Å². The summed E-state index contributed by atoms with van der Waals surface area (Å²) in [6.07, 6.45) is 3.28. The van der Waals surface area contributed by atoms with Crippen LogP contribution in [0.15, 0.2) is 30.9 Å². The van der Waals surface area contributed by atoms with E-state index >= 15 is 0 Å². The van der Waals surface area contributed by atoms with E-state index in [0.717, 1.165) is 24.0 Å². The second kappa shape index (κ2) is 8.39. The zero-order valence-electron chi connectivity index (χ0n) is 16.1. The van der Waals surface area contributed by atoms with Crippen molar-refractivity contribution >= 4 is 12.1 Å². The van der Waals surface area contributed by atoms with Crippen molar-refractivity contribution in [3.8, 4) is 0 Å². The third kappa shape index (κ3) is 5.10. The van der Waals surface area contributed by atoms with Crippen LogP contribution >= 0.6 is 0 Å². The van der Waals surface area contributed by atoms with Crippen molar-refractivity contribution in [1.29, 1.82) is 0 Å². The summed E-state index contributed by atoms with van der Waals surface area (Å²) in [6.45, 7) is 12.2. The predicted octanol–water partition coefficient (Wildman–Crippen LogP) is 4.22. The SMILES string of the molecule is C=CC1c2ccc(C(=O)OCC)cc2CCC1CNC(=O)OC(C)(C)C. The van der Waals surface area contributed by atoms with Gasteiger partial charge in [0.05, 0.1) is 12.2 Å². The van der Waals surface area contributed by atoms with Gasteiger partial charge in [0, 0.05) is 12.5 Å². The van der Waals surface area contributed by atoms with Gasteiger partial charge >= 0.3 is 12.1 Å². The molecule has 2 atom stereocenters. The molecule has 0 aliphatic heterocycles. The number of amides is 1. The summed E-state index contributed by atoms with van der Waals surface area (Å²) < 4.78 is 10.4. The van der Waals surface area contributed by atoms with E-state index in [4.69, 9.17) is 9.47 Å². The van der Waals surface area contributed by atoms with Crippen LogP contribution in [-0.2, 0) is 15.9 Å². The number of alkyl carbamates (subject to hydrolysis) is 1. The van der Waals surface area contributed by atoms with Crippen molar-refractivity contribution in [2.24, 2.45) is 5.92 Å². The molecule has 2 rings (SSSR count). The Kier molecular flexibility index (Phi) is 6.46. The number of carbonyl (C=O) groups excluding carboxylic acids is 2. The molecule has 1 aromatic rings. The fourth-order valence-corrected chi connectivity index (χ4v) is 3.34. The summed E-state index contributed by atoms with van der Waals surface area (Å²) in [7, 11) is 0. The first kappa shape index (κ1) is 20.0. The Morgan fingerprint density at radius 3 is 2.69 bits per heavy atom. The van der Waals surface area contributed by atoms with Gasteiger partial charge in [0.2, 0.25) is 0 Å². The van der Waals surface area contributed by atoms with E-state index in [0.29, 0.717) is 18.7 Å². The molecule has 0 aromatic heterocycles. The smallest absolute Gasteiger partial charge is 0.407 e. The third-order valence-electron chi connectivity index (χ3n) is 4.47. The van der Waals surface area contributed by atoms with Crippen LogP contribution in [0, 0.1) is 5.92 Å². The first-order valence-corrected chi connectivity index (χ1v) is 9.14. The average molecular weight is 359 g/mol. The number of ether oxygens (including phenoxy) is 2. The molecule has 1 aliphatic carbocycles. The monoisotopic (exact) mass is 359 g/mol. The Morgan fingerprint density at radius 2 is 2.08 bits per heavy atom. The number of rotatable bonds is 5. The number of esters is 1. The molecule has 5 nitrogen and oxygen atoms in total. The van der Waals surface area contributed by atoms with Gasteiger partial charge in [-0.05, 0) is 69.7 Å². The maximum Gasteiger partial charge on any atom is 0.407 e. The predicted molar refractivity (Wildman–Crippen MR) is 101 cm³/mol. The van der Waals surface area contributed by atoms with Crippen molar-refractivity contribution in [2.75, 3.05) is 13.2 Å². The minimum atomic E-state index is -0.509. The second-order valence-corrected chi connectivity index (χ2v) is 7.58. The molecule has 0 fully saturated rings. The van der Waals surface area contributed by atoms with Crippen molar-refractivity contribution < 1.29 is 19.1 Å². The van der Waals surface area contributed by atoms with Crippen LogP contribution in [0.5, 0.6) is 0 Å². The van der Waals surface area contributed by atoms with Crippen molar-refractivity contribution in [3.63, 3.8) is 0 Å². The van der Waals surface area contributed by atoms with Crippen LogP contribution in [0.4, 0.5) is 4.79 Å². The van der Waals surface area contributed by atoms with Gasteiger partial charge in [0.1, 0.15) is 5.60 Å². The Balaban J connectivity index is 2.08. The van der Waals surface area contributed by atoms with Crippen LogP contribution in [0.1, 0.15) is 61.5 Å². The minimum Gasteiger partial charge on any atom is -0.462 e. The molecule has 1 aliphatic rings. The quantitative estimate of drug-likeness (QED) is 0.631. The van der Waals surface area contributed by atoms with Crippen molar-refractivity contribution in [2.45, 2.75) is 52.1 Å². The number of aryl methyl sites for hydroxylation is 1. The lowest BCUT2D eigenvalue weighted by Gasteiger charge is -2.32. The lowest BCUT2D eigenvalue weighted by atomic mass is 9.74. The Morgan fingerprint density at radius 1 is 1.35 bits per heavy atom. The van der Waals surface area contributed by atoms with E-state index in [-0.39, 0.29) is 17.8 Å². The number of fused-ring (bicyclic) bond motifs is 1. The van der Waals surface area contributed by atoms with Crippen LogP contribution in [-0.4, -0.2) is 30.8 Å². The zero-order valence-corrected chi connectivity index (χ0v) is 16.1. The maximum absolute atomic E-state index is 11.9. The highest BCUT2D eigenvalue weighted by Gasteiger charge is 2.29. The Labute approximate surface area is 155 Å². The normalized spacial score (nSPS) is 19.2. The molecule has 26 heavy (non-hydrogen) atoms. The minimum absolute atomic E-state index is 0.130. The van der Waals surface area contributed by atoms with E-state index in [1.165, 1.54) is 0 Å². The number of hydrogen-bond donors (Lipinski definition) is 1. The highest BCUT2D eigenvalue weighted by molar-refractivity contribution is 5.89. The molecule has 0 radical (unpaired) electrons. The van der Waals surface area contributed by atoms with Crippen LogP contribution in [0.25, 0.3) is 0 Å². The van der Waals surface area contributed by atoms with E-state index in [9.17, 15) is 9.59 Å². The van der Waals surface area contributed by atoms with Crippen LogP contribution in [0.3, 0.4) is 0 Å². The summed E-state index contributed by atoms with van der Waals surface area (Å²) in [5.41, 5.74) is 2.38. The number of nitrogens with one attached hydrogen (secondary N) is 1. The molecule has 0 saturated carbocycles. The molecule has 142 valence electrons. The van der Waals surface area contributed by atoms with E-state index in [1.807, 2.05) is 39.0 Å². The van der Waals surface area contributed by atoms with Gasteiger partial charge in [-0.2, -0.15) is 0 Å². The first-order chi connectivity index (χ1) is 12.2. The molecule has 0 heterocycles. The molecular weight excluding hydrogens is 330 g/mol. The molecule has 5 heteroatoms. The Bertz CT molecular complexity index is 675. The van der Waals surface area contributed by atoms with Gasteiger partial charge in [0.25, 0.3) is 0 Å². The van der Waals surface area contributed by atoms with Crippen LogP contribution in [0.2, 0.25) is 0 Å². The topological polar surface area (TPSA) is 64.6 Å². The first-order valence-electron chi connectivity index (χ1n) is 9.14. The van der Waals surface area contributed by atoms with Crippen LogP contribution < -0.4 is 5.32 Å². The largest absolute Gasteiger partial charge is 0.462 e. The molecule has 0 spiro atoms. The number of carbonyl (C=O) groups is 2. The molecule has 1 aromatic carbocycles. The zero-order chi connectivity index (χ0) is 19.3. The third-order valence-corrected chi connectivity index (χ3v) is 4.47. The van der Waals surface area contributed by atoms with Gasteiger partial charge < -0.3 is 14.8 Å². The summed E-state index contributed by atoms with van der Waals surface area (Å²) in [4.78, 5) is 23.8. The molecule has 2 unspecified atom stereocenters. The van der Waals surface area contributed by atoms with E-state index < -0.39 is 11.7 Å². The fraction of sp³-hybridized carbons (Fsp3) is 0.524. The summed E-state index contributed by atoms with van der Waals surface area (Å²) >= 11 is 0. The summed E-state index contributed by atoms with van der Waals surface area (Å²) in [5, 5.41) is 2.87. The molecule has 0 bridgehead atoms. The highest BCUT2D eigenvalue weighted by atomic mass is 16.6. The van der Waals surface area contributed by atoms with Gasteiger partial charge in [-0.3, -0.25) is 0 Å². The molecule has 1 amide bonds. The second-order valence-electron chi connectivity index (χ2n) is 7.58. The van der Waals surface area contributed by atoms with Gasteiger partial charge in [0.15, 0.2) is 0 Å². The highest BCUT2D eigenvalue weighted by Crippen LogP contribution is 2.37. The van der Waals surface area contributed by atoms with Gasteiger partial charge in [-0.1, -0.05) is 12.1 Å². The summed E-state index contributed by atoms with van der Waals surface area (Å²) in [6, 6.07) is 5.70. The molecule has 1 N–H and O–H groups in total. The lowest BCUT2D eigenvalue weighted by Crippen LogP contribution is -2.37. The standard InChI is InChI=1S/C21H29NO4/c1-6-17-16(13-22-20(24)26-21(3,4)5)9-8-14-12-15(10-11-18(14)17)19(23)25-7-2/h6,10-12,16-17H,1,7-9,13H2,2-5H3,(H,22,24).